The number of hydrogen-bond donors (Lipinski definition) is 1. The molecule has 102 valence electrons. The van der Waals surface area contributed by atoms with E-state index in [4.69, 9.17) is 4.42 Å². The van der Waals surface area contributed by atoms with Crippen molar-refractivity contribution in [3.8, 4) is 0 Å². The van der Waals surface area contributed by atoms with Crippen molar-refractivity contribution in [3.05, 3.63) is 60.4 Å². The van der Waals surface area contributed by atoms with Gasteiger partial charge in [0.15, 0.2) is 0 Å². The number of rotatable bonds is 5. The molecule has 0 aliphatic heterocycles. The van der Waals surface area contributed by atoms with Gasteiger partial charge in [-0.1, -0.05) is 0 Å². The van der Waals surface area contributed by atoms with Crippen LogP contribution in [-0.2, 0) is 17.8 Å². The molecule has 0 unspecified atom stereocenters. The lowest BCUT2D eigenvalue weighted by Gasteiger charge is -2.05. The Morgan fingerprint density at radius 3 is 3.10 bits per heavy atom. The fourth-order valence-corrected chi connectivity index (χ4v) is 2.04. The zero-order valence-corrected chi connectivity index (χ0v) is 11.0. The van der Waals surface area contributed by atoms with E-state index in [2.05, 4.69) is 10.3 Å². The summed E-state index contributed by atoms with van der Waals surface area (Å²) in [6, 6.07) is 5.82. The van der Waals surface area contributed by atoms with E-state index in [1.165, 1.54) is 0 Å². The molecule has 20 heavy (non-hydrogen) atoms. The van der Waals surface area contributed by atoms with Crippen molar-refractivity contribution in [3.63, 3.8) is 0 Å². The molecule has 0 saturated carbocycles. The maximum Gasteiger partial charge on any atom is 0.220 e. The molecular weight excluding hydrogens is 254 g/mol. The van der Waals surface area contributed by atoms with Crippen LogP contribution in [0, 0.1) is 0 Å². The van der Waals surface area contributed by atoms with Crippen molar-refractivity contribution in [2.24, 2.45) is 0 Å². The number of imidazole rings is 1. The molecule has 3 rings (SSSR count). The van der Waals surface area contributed by atoms with Gasteiger partial charge in [0.1, 0.15) is 5.65 Å². The van der Waals surface area contributed by atoms with E-state index in [-0.39, 0.29) is 5.91 Å². The summed E-state index contributed by atoms with van der Waals surface area (Å²) in [6.07, 6.45) is 10.0. The number of nitrogens with zero attached hydrogens (tertiary/aromatic N) is 2. The lowest BCUT2D eigenvalue weighted by atomic mass is 10.2. The average Bonchev–Trinajstić information content (AvgIpc) is 3.13. The maximum atomic E-state index is 11.8. The summed E-state index contributed by atoms with van der Waals surface area (Å²) >= 11 is 0. The second kappa shape index (κ2) is 5.61. The van der Waals surface area contributed by atoms with E-state index in [9.17, 15) is 4.79 Å². The van der Waals surface area contributed by atoms with Crippen LogP contribution < -0.4 is 5.32 Å². The predicted octanol–water partition coefficient (Wildman–Crippen LogP) is 2.18. The molecule has 1 N–H and O–H groups in total. The molecule has 0 atom stereocenters. The molecule has 5 nitrogen and oxygen atoms in total. The van der Waals surface area contributed by atoms with Gasteiger partial charge in [-0.25, -0.2) is 4.98 Å². The van der Waals surface area contributed by atoms with Crippen molar-refractivity contribution in [2.45, 2.75) is 19.4 Å². The number of aromatic nitrogens is 2. The Labute approximate surface area is 116 Å². The summed E-state index contributed by atoms with van der Waals surface area (Å²) in [5.74, 6) is 0.0365. The van der Waals surface area contributed by atoms with Gasteiger partial charge >= 0.3 is 0 Å². The first kappa shape index (κ1) is 12.5. The monoisotopic (exact) mass is 269 g/mol. The van der Waals surface area contributed by atoms with Crippen molar-refractivity contribution >= 4 is 11.6 Å². The highest BCUT2D eigenvalue weighted by Gasteiger charge is 2.04. The quantitative estimate of drug-likeness (QED) is 0.772. The maximum absolute atomic E-state index is 11.8. The Balaban J connectivity index is 1.51. The normalized spacial score (nSPS) is 10.8. The average molecular weight is 269 g/mol. The second-order valence-electron chi connectivity index (χ2n) is 4.64. The fourth-order valence-electron chi connectivity index (χ4n) is 2.04. The number of carbonyl (C=O) groups is 1. The van der Waals surface area contributed by atoms with Crippen LogP contribution in [0.5, 0.6) is 0 Å². The third-order valence-electron chi connectivity index (χ3n) is 3.17. The van der Waals surface area contributed by atoms with E-state index in [0.717, 1.165) is 16.8 Å². The predicted molar refractivity (Wildman–Crippen MR) is 74.1 cm³/mol. The fraction of sp³-hybridized carbons (Fsp3) is 0.200. The topological polar surface area (TPSA) is 59.5 Å². The molecule has 0 bridgehead atoms. The molecule has 0 saturated heterocycles. The minimum atomic E-state index is 0.0365. The van der Waals surface area contributed by atoms with Crippen molar-refractivity contribution in [2.75, 3.05) is 0 Å². The molecule has 0 aromatic carbocycles. The smallest absolute Gasteiger partial charge is 0.220 e. The molecule has 5 heteroatoms. The molecule has 0 radical (unpaired) electrons. The first-order valence-corrected chi connectivity index (χ1v) is 6.50. The number of furan rings is 1. The van der Waals surface area contributed by atoms with Crippen LogP contribution in [0.4, 0.5) is 0 Å². The van der Waals surface area contributed by atoms with Crippen LogP contribution in [0.1, 0.15) is 17.5 Å². The van der Waals surface area contributed by atoms with Crippen molar-refractivity contribution < 1.29 is 9.21 Å². The number of amides is 1. The molecule has 3 aromatic heterocycles. The van der Waals surface area contributed by atoms with Gasteiger partial charge in [0.25, 0.3) is 0 Å². The minimum absolute atomic E-state index is 0.0365. The highest BCUT2D eigenvalue weighted by molar-refractivity contribution is 5.76. The van der Waals surface area contributed by atoms with Gasteiger partial charge in [-0.3, -0.25) is 4.79 Å². The van der Waals surface area contributed by atoms with E-state index in [1.807, 2.05) is 35.0 Å². The number of pyridine rings is 1. The second-order valence-corrected chi connectivity index (χ2v) is 4.64. The number of carbonyl (C=O) groups excluding carboxylic acids is 1. The van der Waals surface area contributed by atoms with Gasteiger partial charge in [0.05, 0.1) is 12.5 Å². The molecule has 0 aliphatic rings. The van der Waals surface area contributed by atoms with Crippen LogP contribution in [0.2, 0.25) is 0 Å². The Morgan fingerprint density at radius 2 is 2.25 bits per heavy atom. The van der Waals surface area contributed by atoms with Gasteiger partial charge in [-0.15, -0.1) is 0 Å². The highest BCUT2D eigenvalue weighted by atomic mass is 16.3. The Morgan fingerprint density at radius 1 is 1.30 bits per heavy atom. The summed E-state index contributed by atoms with van der Waals surface area (Å²) in [6.45, 7) is 0.521. The summed E-state index contributed by atoms with van der Waals surface area (Å²) < 4.78 is 6.90. The third kappa shape index (κ3) is 2.88. The number of fused-ring (bicyclic) bond motifs is 1. The van der Waals surface area contributed by atoms with Crippen LogP contribution >= 0.6 is 0 Å². The van der Waals surface area contributed by atoms with Crippen LogP contribution in [0.3, 0.4) is 0 Å². The van der Waals surface area contributed by atoms with Crippen molar-refractivity contribution in [1.82, 2.24) is 14.7 Å². The standard InChI is InChI=1S/C15H15N3O2/c19-15(2-1-12-4-8-20-11-12)17-10-13-3-6-18-7-5-16-14(18)9-13/h3-9,11H,1-2,10H2,(H,17,19). The molecule has 0 spiro atoms. The van der Waals surface area contributed by atoms with Gasteiger partial charge in [0, 0.05) is 31.6 Å². The highest BCUT2D eigenvalue weighted by Crippen LogP contribution is 2.06. The molecule has 3 heterocycles. The number of hydrogen-bond acceptors (Lipinski definition) is 3. The lowest BCUT2D eigenvalue weighted by molar-refractivity contribution is -0.121. The van der Waals surface area contributed by atoms with E-state index < -0.39 is 0 Å². The number of aryl methyl sites for hydroxylation is 1. The van der Waals surface area contributed by atoms with E-state index in [0.29, 0.717) is 19.4 Å². The van der Waals surface area contributed by atoms with Gasteiger partial charge in [0.2, 0.25) is 5.91 Å². The van der Waals surface area contributed by atoms with Crippen molar-refractivity contribution in [1.29, 1.82) is 0 Å². The summed E-state index contributed by atoms with van der Waals surface area (Å²) in [7, 11) is 0. The molecular formula is C15H15N3O2. The Kier molecular flexibility index (Phi) is 3.50. The van der Waals surface area contributed by atoms with Crippen LogP contribution in [-0.4, -0.2) is 15.3 Å². The Hall–Kier alpha value is -2.56. The first-order valence-electron chi connectivity index (χ1n) is 6.50. The van der Waals surface area contributed by atoms with E-state index >= 15 is 0 Å². The van der Waals surface area contributed by atoms with Gasteiger partial charge in [-0.2, -0.15) is 0 Å². The third-order valence-corrected chi connectivity index (χ3v) is 3.17. The lowest BCUT2D eigenvalue weighted by Crippen LogP contribution is -2.23. The number of nitrogens with one attached hydrogen (secondary N) is 1. The summed E-state index contributed by atoms with van der Waals surface area (Å²) in [4.78, 5) is 16.0. The van der Waals surface area contributed by atoms with Gasteiger partial charge in [-0.05, 0) is 35.7 Å². The van der Waals surface area contributed by atoms with Gasteiger partial charge < -0.3 is 14.1 Å². The summed E-state index contributed by atoms with van der Waals surface area (Å²) in [5.41, 5.74) is 2.97. The van der Waals surface area contributed by atoms with Crippen LogP contribution in [0.15, 0.2) is 53.7 Å². The Bertz CT molecular complexity index is 701. The van der Waals surface area contributed by atoms with E-state index in [1.54, 1.807) is 18.7 Å². The minimum Gasteiger partial charge on any atom is -0.472 e. The molecule has 0 aliphatic carbocycles. The first-order chi connectivity index (χ1) is 9.81. The molecule has 0 fully saturated rings. The molecule has 1 amide bonds. The molecule has 3 aromatic rings. The SMILES string of the molecule is O=C(CCc1ccoc1)NCc1ccn2ccnc2c1. The zero-order chi connectivity index (χ0) is 13.8. The summed E-state index contributed by atoms with van der Waals surface area (Å²) in [5, 5.41) is 2.91. The van der Waals surface area contributed by atoms with Crippen LogP contribution in [0.25, 0.3) is 5.65 Å². The largest absolute Gasteiger partial charge is 0.472 e. The zero-order valence-electron chi connectivity index (χ0n) is 11.0.